The van der Waals surface area contributed by atoms with E-state index in [1.165, 1.54) is 30.7 Å². The molecule has 0 fully saturated rings. The third-order valence-corrected chi connectivity index (χ3v) is 4.78. The van der Waals surface area contributed by atoms with E-state index in [1.807, 2.05) is 0 Å². The minimum absolute atomic E-state index is 0.0220. The van der Waals surface area contributed by atoms with Crippen LogP contribution in [0, 0.1) is 0 Å². The van der Waals surface area contributed by atoms with Crippen molar-refractivity contribution in [3.05, 3.63) is 60.5 Å². The van der Waals surface area contributed by atoms with Crippen molar-refractivity contribution in [1.82, 2.24) is 10.2 Å². The maximum Gasteiger partial charge on any atom is 0.338 e. The van der Waals surface area contributed by atoms with Crippen molar-refractivity contribution in [3.63, 3.8) is 0 Å². The van der Waals surface area contributed by atoms with Crippen molar-refractivity contribution in [3.8, 4) is 11.5 Å². The second-order valence-corrected chi connectivity index (χ2v) is 7.70. The lowest BCUT2D eigenvalue weighted by molar-refractivity contribution is -0.119. The molecule has 0 saturated carbocycles. The van der Waals surface area contributed by atoms with E-state index in [2.05, 4.69) is 15.5 Å². The molecule has 0 bridgehead atoms. The Hall–Kier alpha value is -3.53. The van der Waals surface area contributed by atoms with Crippen LogP contribution < -0.4 is 5.32 Å². The molecular weight excluding hydrogens is 386 g/mol. The second kappa shape index (κ2) is 8.01. The number of benzene rings is 2. The molecule has 1 amide bonds. The van der Waals surface area contributed by atoms with Crippen molar-refractivity contribution < 1.29 is 27.2 Å². The third-order valence-electron chi connectivity index (χ3n) is 3.62. The van der Waals surface area contributed by atoms with Crippen LogP contribution in [-0.2, 0) is 19.4 Å². The predicted molar refractivity (Wildman–Crippen MR) is 98.2 cm³/mol. The lowest BCUT2D eigenvalue weighted by atomic mass is 10.1. The van der Waals surface area contributed by atoms with Crippen LogP contribution in [0.15, 0.2) is 64.2 Å². The zero-order chi connectivity index (χ0) is 20.1. The van der Waals surface area contributed by atoms with Gasteiger partial charge in [-0.25, -0.2) is 13.2 Å². The van der Waals surface area contributed by atoms with Crippen LogP contribution in [-0.4, -0.2) is 43.4 Å². The molecule has 0 unspecified atom stereocenters. The number of nitrogens with zero attached hydrogens (tertiary/aromatic N) is 2. The summed E-state index contributed by atoms with van der Waals surface area (Å²) in [5.74, 6) is -1.06. The Morgan fingerprint density at radius 1 is 1.11 bits per heavy atom. The number of amides is 1. The number of hydrogen-bond acceptors (Lipinski definition) is 8. The Bertz CT molecular complexity index is 1090. The number of carbonyl (C=O) groups is 2. The number of hydrogen-bond donors (Lipinski definition) is 1. The average Bonchev–Trinajstić information content (AvgIpc) is 3.20. The maximum atomic E-state index is 12.1. The highest BCUT2D eigenvalue weighted by Gasteiger charge is 2.16. The van der Waals surface area contributed by atoms with Crippen molar-refractivity contribution in [2.75, 3.05) is 18.2 Å². The zero-order valence-corrected chi connectivity index (χ0v) is 15.5. The fourth-order valence-corrected chi connectivity index (χ4v) is 3.19. The molecule has 2 aromatic carbocycles. The normalized spacial score (nSPS) is 11.0. The van der Waals surface area contributed by atoms with Gasteiger partial charge in [0, 0.05) is 11.8 Å². The minimum Gasteiger partial charge on any atom is -0.452 e. The first-order chi connectivity index (χ1) is 13.3. The fraction of sp³-hybridized carbons (Fsp3) is 0.111. The van der Waals surface area contributed by atoms with Gasteiger partial charge in [-0.3, -0.25) is 4.79 Å². The van der Waals surface area contributed by atoms with Gasteiger partial charge < -0.3 is 14.5 Å². The van der Waals surface area contributed by atoms with Gasteiger partial charge in [0.1, 0.15) is 0 Å². The first-order valence-electron chi connectivity index (χ1n) is 7.97. The Morgan fingerprint density at radius 2 is 1.82 bits per heavy atom. The van der Waals surface area contributed by atoms with Crippen molar-refractivity contribution in [1.29, 1.82) is 0 Å². The molecule has 0 aliphatic heterocycles. The van der Waals surface area contributed by atoms with Crippen molar-refractivity contribution in [2.45, 2.75) is 4.90 Å². The molecule has 0 atom stereocenters. The summed E-state index contributed by atoms with van der Waals surface area (Å²) >= 11 is 0. The van der Waals surface area contributed by atoms with E-state index < -0.39 is 28.3 Å². The van der Waals surface area contributed by atoms with Gasteiger partial charge in [-0.05, 0) is 36.4 Å². The Kier molecular flexibility index (Phi) is 5.50. The second-order valence-electron chi connectivity index (χ2n) is 5.71. The first kappa shape index (κ1) is 19.2. The number of anilines is 1. The molecule has 0 aliphatic carbocycles. The number of esters is 1. The molecule has 0 radical (unpaired) electrons. The van der Waals surface area contributed by atoms with Crippen LogP contribution in [0.4, 0.5) is 5.69 Å². The summed E-state index contributed by atoms with van der Waals surface area (Å²) < 4.78 is 33.5. The summed E-state index contributed by atoms with van der Waals surface area (Å²) in [6.07, 6.45) is 2.23. The molecule has 3 rings (SSSR count). The molecule has 1 aromatic heterocycles. The molecule has 9 nitrogen and oxygen atoms in total. The van der Waals surface area contributed by atoms with E-state index in [1.54, 1.807) is 24.3 Å². The van der Waals surface area contributed by atoms with E-state index in [9.17, 15) is 18.0 Å². The van der Waals surface area contributed by atoms with Crippen molar-refractivity contribution >= 4 is 27.4 Å². The standard InChI is InChI=1S/C18H15N3O6S/c1-28(24,25)15-5-3-2-4-14(15)20-16(22)10-26-18(23)13-8-6-12(7-9-13)17-21-19-11-27-17/h2-9,11H,10H2,1H3,(H,20,22). The minimum atomic E-state index is -3.52. The van der Waals surface area contributed by atoms with Gasteiger partial charge in [-0.2, -0.15) is 0 Å². The molecule has 10 heteroatoms. The van der Waals surface area contributed by atoms with Crippen LogP contribution in [0.1, 0.15) is 10.4 Å². The highest BCUT2D eigenvalue weighted by molar-refractivity contribution is 7.90. The number of sulfone groups is 1. The molecule has 0 spiro atoms. The van der Waals surface area contributed by atoms with Gasteiger partial charge in [0.2, 0.25) is 12.3 Å². The molecule has 3 aromatic rings. The molecule has 1 heterocycles. The number of nitrogens with one attached hydrogen (secondary N) is 1. The summed E-state index contributed by atoms with van der Waals surface area (Å²) in [5, 5.41) is 9.75. The summed E-state index contributed by atoms with van der Waals surface area (Å²) in [4.78, 5) is 24.1. The zero-order valence-electron chi connectivity index (χ0n) is 14.7. The van der Waals surface area contributed by atoms with Gasteiger partial charge in [-0.15, -0.1) is 10.2 Å². The van der Waals surface area contributed by atoms with Gasteiger partial charge in [0.05, 0.1) is 16.1 Å². The lowest BCUT2D eigenvalue weighted by Crippen LogP contribution is -2.22. The van der Waals surface area contributed by atoms with Crippen molar-refractivity contribution in [2.24, 2.45) is 0 Å². The monoisotopic (exact) mass is 401 g/mol. The van der Waals surface area contributed by atoms with Gasteiger partial charge in [-0.1, -0.05) is 12.1 Å². The van der Waals surface area contributed by atoms with E-state index >= 15 is 0 Å². The number of rotatable bonds is 6. The summed E-state index contributed by atoms with van der Waals surface area (Å²) in [5.41, 5.74) is 0.978. The quantitative estimate of drug-likeness (QED) is 0.621. The molecule has 28 heavy (non-hydrogen) atoms. The molecular formula is C18H15N3O6S. The Morgan fingerprint density at radius 3 is 2.46 bits per heavy atom. The van der Waals surface area contributed by atoms with E-state index in [4.69, 9.17) is 9.15 Å². The number of ether oxygens (including phenoxy) is 1. The Balaban J connectivity index is 1.60. The summed E-state index contributed by atoms with van der Waals surface area (Å²) in [6, 6.07) is 12.2. The summed E-state index contributed by atoms with van der Waals surface area (Å²) in [7, 11) is -3.52. The fourth-order valence-electron chi connectivity index (χ4n) is 2.34. The highest BCUT2D eigenvalue weighted by Crippen LogP contribution is 2.20. The van der Waals surface area contributed by atoms with Crippen LogP contribution >= 0.6 is 0 Å². The first-order valence-corrected chi connectivity index (χ1v) is 9.86. The van der Waals surface area contributed by atoms with Gasteiger partial charge >= 0.3 is 5.97 Å². The number of carbonyl (C=O) groups excluding carboxylic acids is 2. The number of aromatic nitrogens is 2. The van der Waals surface area contributed by atoms with Crippen LogP contribution in [0.5, 0.6) is 0 Å². The maximum absolute atomic E-state index is 12.1. The van der Waals surface area contributed by atoms with Crippen LogP contribution in [0.3, 0.4) is 0 Å². The topological polar surface area (TPSA) is 128 Å². The average molecular weight is 401 g/mol. The predicted octanol–water partition coefficient (Wildman–Crippen LogP) is 1.94. The lowest BCUT2D eigenvalue weighted by Gasteiger charge is -2.10. The number of para-hydroxylation sites is 1. The van der Waals surface area contributed by atoms with E-state index in [-0.39, 0.29) is 16.1 Å². The van der Waals surface area contributed by atoms with Crippen LogP contribution in [0.25, 0.3) is 11.5 Å². The van der Waals surface area contributed by atoms with Gasteiger partial charge in [0.25, 0.3) is 5.91 Å². The highest BCUT2D eigenvalue weighted by atomic mass is 32.2. The smallest absolute Gasteiger partial charge is 0.338 e. The van der Waals surface area contributed by atoms with Crippen LogP contribution in [0.2, 0.25) is 0 Å². The molecule has 0 aliphatic rings. The molecule has 0 saturated heterocycles. The van der Waals surface area contributed by atoms with E-state index in [0.29, 0.717) is 11.5 Å². The van der Waals surface area contributed by atoms with Gasteiger partial charge in [0.15, 0.2) is 16.4 Å². The summed E-state index contributed by atoms with van der Waals surface area (Å²) in [6.45, 7) is -0.567. The SMILES string of the molecule is CS(=O)(=O)c1ccccc1NC(=O)COC(=O)c1ccc(-c2nnco2)cc1. The molecule has 144 valence electrons. The largest absolute Gasteiger partial charge is 0.452 e. The third kappa shape index (κ3) is 4.60. The van der Waals surface area contributed by atoms with E-state index in [0.717, 1.165) is 6.26 Å². The molecule has 1 N–H and O–H groups in total. The Labute approximate surface area is 160 Å².